The second-order valence-corrected chi connectivity index (χ2v) is 6.21. The minimum atomic E-state index is 0. The van der Waals surface area contributed by atoms with E-state index >= 15 is 0 Å². The first kappa shape index (κ1) is 17.1. The Morgan fingerprint density at radius 3 is 2.82 bits per heavy atom. The zero-order valence-corrected chi connectivity index (χ0v) is 13.6. The molecule has 1 aromatic carbocycles. The lowest BCUT2D eigenvalue weighted by atomic mass is 9.85. The quantitative estimate of drug-likeness (QED) is 0.879. The van der Waals surface area contributed by atoms with Gasteiger partial charge in [0.1, 0.15) is 5.75 Å². The van der Waals surface area contributed by atoms with Crippen LogP contribution in [0.3, 0.4) is 0 Å². The van der Waals surface area contributed by atoms with Crippen LogP contribution in [0.2, 0.25) is 0 Å². The second kappa shape index (κ2) is 7.84. The number of hydrogen-bond donors (Lipinski definition) is 2. The van der Waals surface area contributed by atoms with E-state index in [0.29, 0.717) is 0 Å². The maximum absolute atomic E-state index is 12.5. The molecular formula is C17H25ClN2O2. The summed E-state index contributed by atoms with van der Waals surface area (Å²) in [7, 11) is 0. The normalized spacial score (nSPS) is 27.6. The Kier molecular flexibility index (Phi) is 6.09. The molecule has 3 unspecified atom stereocenters. The molecule has 5 heteroatoms. The van der Waals surface area contributed by atoms with Crippen LogP contribution < -0.4 is 15.8 Å². The first-order valence-corrected chi connectivity index (χ1v) is 8.01. The molecule has 2 aliphatic rings. The molecule has 1 amide bonds. The van der Waals surface area contributed by atoms with Crippen molar-refractivity contribution in [3.05, 3.63) is 29.8 Å². The highest BCUT2D eigenvalue weighted by Gasteiger charge is 2.28. The van der Waals surface area contributed by atoms with Crippen LogP contribution in [0.4, 0.5) is 0 Å². The summed E-state index contributed by atoms with van der Waals surface area (Å²) in [6.45, 7) is 0.720. The summed E-state index contributed by atoms with van der Waals surface area (Å²) >= 11 is 0. The van der Waals surface area contributed by atoms with Crippen LogP contribution in [-0.4, -0.2) is 18.6 Å². The van der Waals surface area contributed by atoms with Gasteiger partial charge in [-0.2, -0.15) is 0 Å². The van der Waals surface area contributed by atoms with Gasteiger partial charge in [-0.1, -0.05) is 24.6 Å². The molecule has 1 fully saturated rings. The van der Waals surface area contributed by atoms with Crippen molar-refractivity contribution in [1.82, 2.24) is 5.32 Å². The Hall–Kier alpha value is -1.26. The first-order valence-electron chi connectivity index (χ1n) is 8.01. The third-order valence-electron chi connectivity index (χ3n) is 4.59. The number of amides is 1. The van der Waals surface area contributed by atoms with Crippen molar-refractivity contribution in [2.24, 2.45) is 11.7 Å². The molecule has 0 radical (unpaired) electrons. The van der Waals surface area contributed by atoms with Gasteiger partial charge in [0.2, 0.25) is 5.91 Å². The van der Waals surface area contributed by atoms with Gasteiger partial charge in [0.05, 0.1) is 12.6 Å². The van der Waals surface area contributed by atoms with E-state index in [2.05, 4.69) is 11.4 Å². The van der Waals surface area contributed by atoms with E-state index in [9.17, 15) is 4.79 Å². The van der Waals surface area contributed by atoms with E-state index in [4.69, 9.17) is 10.5 Å². The van der Waals surface area contributed by atoms with Gasteiger partial charge in [0.25, 0.3) is 0 Å². The predicted octanol–water partition coefficient (Wildman–Crippen LogP) is 2.96. The molecule has 0 aromatic heterocycles. The molecule has 3 rings (SSSR count). The molecular weight excluding hydrogens is 300 g/mol. The SMILES string of the molecule is Cl.NC1CCCC(C(=O)NC2CCCOc3ccccc32)C1. The van der Waals surface area contributed by atoms with Crippen molar-refractivity contribution in [1.29, 1.82) is 0 Å². The lowest BCUT2D eigenvalue weighted by Gasteiger charge is -2.28. The van der Waals surface area contributed by atoms with Crippen LogP contribution in [-0.2, 0) is 4.79 Å². The lowest BCUT2D eigenvalue weighted by molar-refractivity contribution is -0.126. The number of nitrogens with two attached hydrogens (primary N) is 1. The van der Waals surface area contributed by atoms with Crippen LogP contribution >= 0.6 is 12.4 Å². The third kappa shape index (κ3) is 3.93. The molecule has 0 saturated heterocycles. The fourth-order valence-corrected chi connectivity index (χ4v) is 3.43. The number of halogens is 1. The van der Waals surface area contributed by atoms with Gasteiger partial charge in [-0.15, -0.1) is 12.4 Å². The molecule has 0 spiro atoms. The number of fused-ring (bicyclic) bond motifs is 1. The van der Waals surface area contributed by atoms with Gasteiger partial charge < -0.3 is 15.8 Å². The minimum absolute atomic E-state index is 0. The number of carbonyl (C=O) groups is 1. The van der Waals surface area contributed by atoms with Crippen LogP contribution in [0, 0.1) is 5.92 Å². The number of hydrogen-bond acceptors (Lipinski definition) is 3. The fraction of sp³-hybridized carbons (Fsp3) is 0.588. The highest BCUT2D eigenvalue weighted by atomic mass is 35.5. The van der Waals surface area contributed by atoms with Crippen molar-refractivity contribution >= 4 is 18.3 Å². The molecule has 1 heterocycles. The van der Waals surface area contributed by atoms with Crippen LogP contribution in [0.5, 0.6) is 5.75 Å². The smallest absolute Gasteiger partial charge is 0.223 e. The number of carbonyl (C=O) groups excluding carboxylic acids is 1. The second-order valence-electron chi connectivity index (χ2n) is 6.21. The highest BCUT2D eigenvalue weighted by Crippen LogP contribution is 2.32. The standard InChI is InChI=1S/C17H24N2O2.ClH/c18-13-6-3-5-12(11-13)17(20)19-15-8-4-10-21-16-9-2-1-7-14(15)16;/h1-2,7,9,12-13,15H,3-6,8,10-11,18H2,(H,19,20);1H. The van der Waals surface area contributed by atoms with Gasteiger partial charge in [0.15, 0.2) is 0 Å². The zero-order valence-electron chi connectivity index (χ0n) is 12.8. The largest absolute Gasteiger partial charge is 0.493 e. The van der Waals surface area contributed by atoms with Gasteiger partial charge in [-0.3, -0.25) is 4.79 Å². The summed E-state index contributed by atoms with van der Waals surface area (Å²) in [6.07, 6.45) is 5.78. The molecule has 122 valence electrons. The number of para-hydroxylation sites is 1. The molecule has 3 N–H and O–H groups in total. The van der Waals surface area contributed by atoms with Crippen LogP contribution in [0.25, 0.3) is 0 Å². The molecule has 3 atom stereocenters. The van der Waals surface area contributed by atoms with E-state index in [1.54, 1.807) is 0 Å². The molecule has 1 aliphatic carbocycles. The molecule has 0 bridgehead atoms. The summed E-state index contributed by atoms with van der Waals surface area (Å²) < 4.78 is 5.75. The Labute approximate surface area is 138 Å². The van der Waals surface area contributed by atoms with Crippen molar-refractivity contribution in [3.63, 3.8) is 0 Å². The number of ether oxygens (including phenoxy) is 1. The topological polar surface area (TPSA) is 64.4 Å². The van der Waals surface area contributed by atoms with E-state index in [1.165, 1.54) is 0 Å². The third-order valence-corrected chi connectivity index (χ3v) is 4.59. The minimum Gasteiger partial charge on any atom is -0.493 e. The molecule has 22 heavy (non-hydrogen) atoms. The summed E-state index contributed by atoms with van der Waals surface area (Å²) in [6, 6.07) is 8.26. The van der Waals surface area contributed by atoms with E-state index in [-0.39, 0.29) is 36.3 Å². The van der Waals surface area contributed by atoms with E-state index in [0.717, 1.165) is 56.4 Å². The van der Waals surface area contributed by atoms with Gasteiger partial charge in [-0.05, 0) is 38.2 Å². The first-order chi connectivity index (χ1) is 10.2. The molecule has 1 saturated carbocycles. The molecule has 4 nitrogen and oxygen atoms in total. The van der Waals surface area contributed by atoms with Gasteiger partial charge in [0, 0.05) is 17.5 Å². The van der Waals surface area contributed by atoms with Crippen molar-refractivity contribution in [3.8, 4) is 5.75 Å². The Morgan fingerprint density at radius 2 is 2.00 bits per heavy atom. The Morgan fingerprint density at radius 1 is 1.18 bits per heavy atom. The number of rotatable bonds is 2. The molecule has 1 aliphatic heterocycles. The maximum atomic E-state index is 12.5. The predicted molar refractivity (Wildman–Crippen MR) is 89.2 cm³/mol. The van der Waals surface area contributed by atoms with Crippen molar-refractivity contribution in [2.75, 3.05) is 6.61 Å². The number of nitrogens with one attached hydrogen (secondary N) is 1. The van der Waals surface area contributed by atoms with E-state index < -0.39 is 0 Å². The fourth-order valence-electron chi connectivity index (χ4n) is 3.43. The van der Waals surface area contributed by atoms with Crippen LogP contribution in [0.15, 0.2) is 24.3 Å². The lowest BCUT2D eigenvalue weighted by Crippen LogP contribution is -2.39. The summed E-state index contributed by atoms with van der Waals surface area (Å²) in [5.41, 5.74) is 7.10. The van der Waals surface area contributed by atoms with Crippen molar-refractivity contribution in [2.45, 2.75) is 50.6 Å². The Bertz CT molecular complexity index is 509. The monoisotopic (exact) mass is 324 g/mol. The van der Waals surface area contributed by atoms with Crippen LogP contribution in [0.1, 0.15) is 50.1 Å². The number of benzene rings is 1. The summed E-state index contributed by atoms with van der Waals surface area (Å²) in [5, 5.41) is 3.23. The van der Waals surface area contributed by atoms with Crippen molar-refractivity contribution < 1.29 is 9.53 Å². The maximum Gasteiger partial charge on any atom is 0.223 e. The highest BCUT2D eigenvalue weighted by molar-refractivity contribution is 5.85. The van der Waals surface area contributed by atoms with Gasteiger partial charge in [-0.25, -0.2) is 0 Å². The summed E-state index contributed by atoms with van der Waals surface area (Å²) in [5.74, 6) is 1.14. The average Bonchev–Trinajstić information content (AvgIpc) is 2.70. The summed E-state index contributed by atoms with van der Waals surface area (Å²) in [4.78, 5) is 12.5. The molecule has 1 aromatic rings. The van der Waals surface area contributed by atoms with E-state index in [1.807, 2.05) is 18.2 Å². The zero-order chi connectivity index (χ0) is 14.7. The Balaban J connectivity index is 0.00000176. The van der Waals surface area contributed by atoms with Gasteiger partial charge >= 0.3 is 0 Å². The average molecular weight is 325 g/mol.